The molecule has 0 aromatic carbocycles. The quantitative estimate of drug-likeness (QED) is 0.873. The van der Waals surface area contributed by atoms with Gasteiger partial charge in [0.25, 0.3) is 5.91 Å². The van der Waals surface area contributed by atoms with E-state index in [0.29, 0.717) is 5.76 Å². The maximum atomic E-state index is 12.7. The number of furan rings is 1. The smallest absolute Gasteiger partial charge is 0.290 e. The molecule has 0 aliphatic carbocycles. The Kier molecular flexibility index (Phi) is 4.70. The molecule has 1 amide bonds. The number of ketones is 1. The first-order valence-corrected chi connectivity index (χ1v) is 8.18. The van der Waals surface area contributed by atoms with Crippen molar-refractivity contribution < 1.29 is 19.1 Å². The van der Waals surface area contributed by atoms with Crippen molar-refractivity contribution in [1.82, 2.24) is 9.88 Å². The van der Waals surface area contributed by atoms with Gasteiger partial charge in [-0.1, -0.05) is 13.8 Å². The van der Waals surface area contributed by atoms with Gasteiger partial charge < -0.3 is 14.4 Å². The first kappa shape index (κ1) is 17.0. The Balaban J connectivity index is 1.99. The standard InChI is InChI=1S/C19H20N2O4/c1-12(2)10-14(22)16-17(15-4-3-9-25-15)21(19(24)18(16)23)11-13-5-7-20-8-6-13/h3-9,12,17,23H,10-11H2,1-2H3. The summed E-state index contributed by atoms with van der Waals surface area (Å²) in [5, 5.41) is 10.4. The number of hydrogen-bond donors (Lipinski definition) is 1. The number of pyridine rings is 1. The lowest BCUT2D eigenvalue weighted by atomic mass is 9.95. The van der Waals surface area contributed by atoms with Crippen molar-refractivity contribution in [1.29, 1.82) is 0 Å². The molecule has 0 radical (unpaired) electrons. The molecule has 2 aromatic rings. The molecule has 1 unspecified atom stereocenters. The minimum Gasteiger partial charge on any atom is -0.503 e. The van der Waals surface area contributed by atoms with Crippen molar-refractivity contribution in [3.05, 3.63) is 65.6 Å². The second-order valence-corrected chi connectivity index (χ2v) is 6.49. The van der Waals surface area contributed by atoms with E-state index in [-0.39, 0.29) is 30.2 Å². The highest BCUT2D eigenvalue weighted by atomic mass is 16.3. The van der Waals surface area contributed by atoms with Gasteiger partial charge in [-0.2, -0.15) is 0 Å². The van der Waals surface area contributed by atoms with E-state index in [0.717, 1.165) is 5.56 Å². The van der Waals surface area contributed by atoms with Gasteiger partial charge in [-0.15, -0.1) is 0 Å². The van der Waals surface area contributed by atoms with E-state index in [4.69, 9.17) is 4.42 Å². The molecule has 0 saturated heterocycles. The summed E-state index contributed by atoms with van der Waals surface area (Å²) in [7, 11) is 0. The number of hydrogen-bond acceptors (Lipinski definition) is 5. The van der Waals surface area contributed by atoms with Crippen molar-refractivity contribution in [3.8, 4) is 0 Å². The molecule has 25 heavy (non-hydrogen) atoms. The van der Waals surface area contributed by atoms with E-state index < -0.39 is 17.7 Å². The first-order chi connectivity index (χ1) is 12.0. The van der Waals surface area contributed by atoms with Gasteiger partial charge in [-0.25, -0.2) is 0 Å². The average molecular weight is 340 g/mol. The van der Waals surface area contributed by atoms with Crippen LogP contribution >= 0.6 is 0 Å². The molecule has 1 atom stereocenters. The number of aliphatic hydroxyl groups is 1. The van der Waals surface area contributed by atoms with Crippen LogP contribution in [-0.2, 0) is 16.1 Å². The van der Waals surface area contributed by atoms with Crippen molar-refractivity contribution in [2.75, 3.05) is 0 Å². The van der Waals surface area contributed by atoms with Crippen LogP contribution in [0.5, 0.6) is 0 Å². The summed E-state index contributed by atoms with van der Waals surface area (Å²) in [4.78, 5) is 30.7. The number of Topliss-reactive ketones (excluding diaryl/α,β-unsaturated/α-hetero) is 1. The second kappa shape index (κ2) is 6.93. The van der Waals surface area contributed by atoms with Crippen LogP contribution in [0.1, 0.15) is 37.6 Å². The number of aromatic nitrogens is 1. The number of nitrogens with zero attached hydrogens (tertiary/aromatic N) is 2. The normalized spacial score (nSPS) is 17.6. The molecule has 1 aliphatic heterocycles. The van der Waals surface area contributed by atoms with Gasteiger partial charge in [0.1, 0.15) is 11.8 Å². The van der Waals surface area contributed by atoms with Crippen LogP contribution in [0, 0.1) is 5.92 Å². The summed E-state index contributed by atoms with van der Waals surface area (Å²) in [6.07, 6.45) is 5.02. The summed E-state index contributed by atoms with van der Waals surface area (Å²) in [6.45, 7) is 4.08. The summed E-state index contributed by atoms with van der Waals surface area (Å²) in [5.74, 6) is -0.709. The fourth-order valence-corrected chi connectivity index (χ4v) is 3.01. The number of carbonyl (C=O) groups excluding carboxylic acids is 2. The summed E-state index contributed by atoms with van der Waals surface area (Å²) >= 11 is 0. The van der Waals surface area contributed by atoms with E-state index in [1.807, 2.05) is 13.8 Å². The highest BCUT2D eigenvalue weighted by molar-refractivity contribution is 6.08. The van der Waals surface area contributed by atoms with E-state index in [2.05, 4.69) is 4.98 Å². The highest BCUT2D eigenvalue weighted by Crippen LogP contribution is 2.39. The van der Waals surface area contributed by atoms with Gasteiger partial charge >= 0.3 is 0 Å². The molecule has 1 N–H and O–H groups in total. The predicted molar refractivity (Wildman–Crippen MR) is 90.4 cm³/mol. The Labute approximate surface area is 145 Å². The van der Waals surface area contributed by atoms with Gasteiger partial charge in [0.15, 0.2) is 11.5 Å². The molecule has 6 nitrogen and oxygen atoms in total. The van der Waals surface area contributed by atoms with E-state index in [1.165, 1.54) is 11.2 Å². The Morgan fingerprint density at radius 3 is 2.64 bits per heavy atom. The topological polar surface area (TPSA) is 83.6 Å². The highest BCUT2D eigenvalue weighted by Gasteiger charge is 2.44. The molecule has 0 saturated carbocycles. The summed E-state index contributed by atoms with van der Waals surface area (Å²) in [5.41, 5.74) is 0.966. The molecule has 1 aliphatic rings. The summed E-state index contributed by atoms with van der Waals surface area (Å²) < 4.78 is 5.46. The van der Waals surface area contributed by atoms with Crippen molar-refractivity contribution in [2.45, 2.75) is 32.9 Å². The van der Waals surface area contributed by atoms with Crippen LogP contribution in [0.4, 0.5) is 0 Å². The van der Waals surface area contributed by atoms with E-state index >= 15 is 0 Å². The zero-order chi connectivity index (χ0) is 18.0. The van der Waals surface area contributed by atoms with Gasteiger partial charge in [-0.05, 0) is 35.7 Å². The fraction of sp³-hybridized carbons (Fsp3) is 0.316. The molecular weight excluding hydrogens is 320 g/mol. The number of carbonyl (C=O) groups is 2. The van der Waals surface area contributed by atoms with Crippen molar-refractivity contribution >= 4 is 11.7 Å². The minimum absolute atomic E-state index is 0.114. The molecule has 3 rings (SSSR count). The largest absolute Gasteiger partial charge is 0.503 e. The Hall–Kier alpha value is -2.89. The predicted octanol–water partition coefficient (Wildman–Crippen LogP) is 3.19. The maximum absolute atomic E-state index is 12.7. The van der Waals surface area contributed by atoms with Gasteiger partial charge in [0, 0.05) is 25.4 Å². The zero-order valence-corrected chi connectivity index (χ0v) is 14.2. The fourth-order valence-electron chi connectivity index (χ4n) is 3.01. The number of rotatable bonds is 6. The second-order valence-electron chi connectivity index (χ2n) is 6.49. The maximum Gasteiger partial charge on any atom is 0.290 e. The number of aliphatic hydroxyl groups excluding tert-OH is 1. The van der Waals surface area contributed by atoms with Crippen LogP contribution in [0.15, 0.2) is 58.7 Å². The van der Waals surface area contributed by atoms with E-state index in [1.54, 1.807) is 36.7 Å². The lowest BCUT2D eigenvalue weighted by Crippen LogP contribution is -2.30. The third kappa shape index (κ3) is 3.33. The number of amides is 1. The Morgan fingerprint density at radius 1 is 1.32 bits per heavy atom. The molecule has 2 aromatic heterocycles. The third-order valence-electron chi connectivity index (χ3n) is 4.11. The van der Waals surface area contributed by atoms with Gasteiger partial charge in [-0.3, -0.25) is 14.6 Å². The molecular formula is C19H20N2O4. The van der Waals surface area contributed by atoms with Crippen molar-refractivity contribution in [2.24, 2.45) is 5.92 Å². The van der Waals surface area contributed by atoms with E-state index in [9.17, 15) is 14.7 Å². The van der Waals surface area contributed by atoms with Crippen molar-refractivity contribution in [3.63, 3.8) is 0 Å². The average Bonchev–Trinajstić information content (AvgIpc) is 3.18. The first-order valence-electron chi connectivity index (χ1n) is 8.18. The van der Waals surface area contributed by atoms with Gasteiger partial charge in [0.05, 0.1) is 11.8 Å². The Bertz CT molecular complexity index is 794. The third-order valence-corrected chi connectivity index (χ3v) is 4.11. The van der Waals surface area contributed by atoms with Gasteiger partial charge in [0.2, 0.25) is 0 Å². The van der Waals surface area contributed by atoms with Crippen LogP contribution in [0.3, 0.4) is 0 Å². The minimum atomic E-state index is -0.720. The molecule has 0 bridgehead atoms. The van der Waals surface area contributed by atoms with Crippen LogP contribution < -0.4 is 0 Å². The molecule has 6 heteroatoms. The summed E-state index contributed by atoms with van der Waals surface area (Å²) in [6, 6.07) is 6.26. The molecule has 130 valence electrons. The molecule has 0 spiro atoms. The molecule has 3 heterocycles. The van der Waals surface area contributed by atoms with Crippen LogP contribution in [0.25, 0.3) is 0 Å². The zero-order valence-electron chi connectivity index (χ0n) is 14.2. The Morgan fingerprint density at radius 2 is 2.04 bits per heavy atom. The molecule has 0 fully saturated rings. The van der Waals surface area contributed by atoms with Crippen LogP contribution in [-0.4, -0.2) is 26.7 Å². The lowest BCUT2D eigenvalue weighted by molar-refractivity contribution is -0.130. The van der Waals surface area contributed by atoms with Crippen LogP contribution in [0.2, 0.25) is 0 Å². The lowest BCUT2D eigenvalue weighted by Gasteiger charge is -2.25. The monoisotopic (exact) mass is 340 g/mol. The SMILES string of the molecule is CC(C)CC(=O)C1=C(O)C(=O)N(Cc2ccncc2)C1c1ccco1.